The molecule has 0 aromatic heterocycles. The summed E-state index contributed by atoms with van der Waals surface area (Å²) in [5, 5.41) is 0. The molecule has 0 unspecified atom stereocenters. The third kappa shape index (κ3) is 6.43. The first-order valence-electron chi connectivity index (χ1n) is 4.92. The molecule has 82 valence electrons. The van der Waals surface area contributed by atoms with Crippen molar-refractivity contribution in [3.8, 4) is 0 Å². The summed E-state index contributed by atoms with van der Waals surface area (Å²) in [7, 11) is 0. The second kappa shape index (κ2) is 8.94. The monoisotopic (exact) mass is 208 g/mol. The van der Waals surface area contributed by atoms with Gasteiger partial charge in [-0.25, -0.2) is 4.79 Å². The average Bonchev–Trinajstić information content (AvgIpc) is 2.31. The second-order valence-electron chi connectivity index (χ2n) is 2.66. The van der Waals surface area contributed by atoms with E-state index in [1.165, 1.54) is 0 Å². The number of carbonyl (C=O) groups is 2. The highest BCUT2D eigenvalue weighted by Crippen LogP contribution is 1.99. The lowest BCUT2D eigenvalue weighted by Gasteiger charge is -1.99. The molecule has 0 saturated heterocycles. The number of benzene rings is 1. The maximum Gasteiger partial charge on any atom is 0.338 e. The first-order chi connectivity index (χ1) is 7.26. The Morgan fingerprint density at radius 1 is 1.27 bits per heavy atom. The molecule has 0 saturated carbocycles. The van der Waals surface area contributed by atoms with Gasteiger partial charge in [-0.3, -0.25) is 0 Å². The fourth-order valence-electron chi connectivity index (χ4n) is 0.789. The van der Waals surface area contributed by atoms with Crippen molar-refractivity contribution < 1.29 is 14.3 Å². The van der Waals surface area contributed by atoms with Crippen molar-refractivity contribution in [2.75, 3.05) is 6.61 Å². The predicted octanol–water partition coefficient (Wildman–Crippen LogP) is 2.46. The van der Waals surface area contributed by atoms with Crippen LogP contribution in [-0.4, -0.2) is 18.9 Å². The Balaban J connectivity index is 0.000000423. The number of hydrogen-bond acceptors (Lipinski definition) is 3. The van der Waals surface area contributed by atoms with Gasteiger partial charge < -0.3 is 9.53 Å². The van der Waals surface area contributed by atoms with Gasteiger partial charge >= 0.3 is 5.97 Å². The molecule has 3 nitrogen and oxygen atoms in total. The molecule has 0 radical (unpaired) electrons. The maximum absolute atomic E-state index is 11.0. The standard InChI is InChI=1S/C9H10O2.C3H6O/c1-2-11-9(10)8-6-4-3-5-7-8;1-2-3-4/h3-7H,2H2,1H3;3H,2H2,1H3. The van der Waals surface area contributed by atoms with Gasteiger partial charge in [0.1, 0.15) is 6.29 Å². The number of ether oxygens (including phenoxy) is 1. The van der Waals surface area contributed by atoms with Crippen molar-refractivity contribution in [1.82, 2.24) is 0 Å². The lowest BCUT2D eigenvalue weighted by Crippen LogP contribution is -2.03. The van der Waals surface area contributed by atoms with Crippen molar-refractivity contribution >= 4 is 12.3 Å². The van der Waals surface area contributed by atoms with Gasteiger partial charge in [-0.15, -0.1) is 0 Å². The van der Waals surface area contributed by atoms with E-state index in [0.717, 1.165) is 6.29 Å². The molecule has 0 aliphatic rings. The molecule has 0 amide bonds. The SMILES string of the molecule is CCC=O.CCOC(=O)c1ccccc1. The van der Waals surface area contributed by atoms with Crippen LogP contribution in [0, 0.1) is 0 Å². The second-order valence-corrected chi connectivity index (χ2v) is 2.66. The molecule has 0 bridgehead atoms. The first kappa shape index (κ1) is 13.4. The third-order valence-corrected chi connectivity index (χ3v) is 1.45. The molecule has 1 aromatic carbocycles. The van der Waals surface area contributed by atoms with Gasteiger partial charge in [0.2, 0.25) is 0 Å². The van der Waals surface area contributed by atoms with E-state index < -0.39 is 0 Å². The largest absolute Gasteiger partial charge is 0.462 e. The minimum Gasteiger partial charge on any atom is -0.462 e. The van der Waals surface area contributed by atoms with Crippen LogP contribution in [0.4, 0.5) is 0 Å². The van der Waals surface area contributed by atoms with Gasteiger partial charge in [0.15, 0.2) is 0 Å². The Bertz CT molecular complexity index is 280. The lowest BCUT2D eigenvalue weighted by atomic mass is 10.2. The Labute approximate surface area is 90.1 Å². The van der Waals surface area contributed by atoms with Gasteiger partial charge in [-0.1, -0.05) is 25.1 Å². The van der Waals surface area contributed by atoms with Gasteiger partial charge in [0.25, 0.3) is 0 Å². The van der Waals surface area contributed by atoms with E-state index in [1.54, 1.807) is 19.1 Å². The molecule has 0 aliphatic carbocycles. The van der Waals surface area contributed by atoms with Crippen molar-refractivity contribution in [1.29, 1.82) is 0 Å². The van der Waals surface area contributed by atoms with Gasteiger partial charge in [-0.2, -0.15) is 0 Å². The quantitative estimate of drug-likeness (QED) is 0.566. The van der Waals surface area contributed by atoms with Crippen molar-refractivity contribution in [3.05, 3.63) is 35.9 Å². The molecule has 1 rings (SSSR count). The third-order valence-electron chi connectivity index (χ3n) is 1.45. The molecule has 0 heterocycles. The van der Waals surface area contributed by atoms with Crippen LogP contribution in [0.2, 0.25) is 0 Å². The van der Waals surface area contributed by atoms with E-state index in [9.17, 15) is 9.59 Å². The van der Waals surface area contributed by atoms with E-state index in [-0.39, 0.29) is 5.97 Å². The van der Waals surface area contributed by atoms with E-state index in [1.807, 2.05) is 25.1 Å². The normalized spacial score (nSPS) is 8.40. The van der Waals surface area contributed by atoms with Crippen LogP contribution in [0.25, 0.3) is 0 Å². The zero-order chi connectivity index (χ0) is 11.5. The Hall–Kier alpha value is -1.64. The van der Waals surface area contributed by atoms with E-state index in [4.69, 9.17) is 4.74 Å². The molecule has 15 heavy (non-hydrogen) atoms. The van der Waals surface area contributed by atoms with Gasteiger partial charge in [-0.05, 0) is 19.1 Å². The Morgan fingerprint density at radius 2 is 1.80 bits per heavy atom. The highest BCUT2D eigenvalue weighted by Gasteiger charge is 2.02. The van der Waals surface area contributed by atoms with Crippen molar-refractivity contribution in [3.63, 3.8) is 0 Å². The topological polar surface area (TPSA) is 43.4 Å². The van der Waals surface area contributed by atoms with Crippen LogP contribution in [0.3, 0.4) is 0 Å². The summed E-state index contributed by atoms with van der Waals surface area (Å²) in [4.78, 5) is 20.2. The highest BCUT2D eigenvalue weighted by molar-refractivity contribution is 5.89. The van der Waals surface area contributed by atoms with E-state index >= 15 is 0 Å². The molecule has 0 aliphatic heterocycles. The first-order valence-corrected chi connectivity index (χ1v) is 4.92. The fraction of sp³-hybridized carbons (Fsp3) is 0.333. The smallest absolute Gasteiger partial charge is 0.338 e. The predicted molar refractivity (Wildman–Crippen MR) is 58.8 cm³/mol. The number of rotatable bonds is 3. The molecule has 0 atom stereocenters. The summed E-state index contributed by atoms with van der Waals surface area (Å²) in [6.45, 7) is 4.03. The average molecular weight is 208 g/mol. The highest BCUT2D eigenvalue weighted by atomic mass is 16.5. The molecule has 0 spiro atoms. The summed E-state index contributed by atoms with van der Waals surface area (Å²) in [6.07, 6.45) is 1.51. The maximum atomic E-state index is 11.0. The van der Waals surface area contributed by atoms with Crippen LogP contribution < -0.4 is 0 Å². The summed E-state index contributed by atoms with van der Waals surface area (Å²) in [6, 6.07) is 8.96. The zero-order valence-corrected chi connectivity index (χ0v) is 9.10. The minimum absolute atomic E-state index is 0.256. The molecule has 0 N–H and O–H groups in total. The fourth-order valence-corrected chi connectivity index (χ4v) is 0.789. The Morgan fingerprint density at radius 3 is 2.20 bits per heavy atom. The van der Waals surface area contributed by atoms with Crippen molar-refractivity contribution in [2.45, 2.75) is 20.3 Å². The molecule has 0 fully saturated rings. The zero-order valence-electron chi connectivity index (χ0n) is 9.10. The molecular formula is C12H16O3. The van der Waals surface area contributed by atoms with E-state index in [0.29, 0.717) is 18.6 Å². The minimum atomic E-state index is -0.256. The van der Waals surface area contributed by atoms with Crippen LogP contribution in [-0.2, 0) is 9.53 Å². The summed E-state index contributed by atoms with van der Waals surface area (Å²) in [5.41, 5.74) is 0.606. The Kier molecular flexibility index (Phi) is 7.96. The van der Waals surface area contributed by atoms with Crippen molar-refractivity contribution in [2.24, 2.45) is 0 Å². The number of carbonyl (C=O) groups excluding carboxylic acids is 2. The number of hydrogen-bond donors (Lipinski definition) is 0. The van der Waals surface area contributed by atoms with Crippen LogP contribution in [0.5, 0.6) is 0 Å². The van der Waals surface area contributed by atoms with Crippen LogP contribution in [0.15, 0.2) is 30.3 Å². The van der Waals surface area contributed by atoms with Gasteiger partial charge in [0, 0.05) is 6.42 Å². The molecule has 3 heteroatoms. The van der Waals surface area contributed by atoms with Crippen LogP contribution >= 0.6 is 0 Å². The van der Waals surface area contributed by atoms with Crippen LogP contribution in [0.1, 0.15) is 30.6 Å². The number of aldehydes is 1. The summed E-state index contributed by atoms with van der Waals surface area (Å²) >= 11 is 0. The molecule has 1 aromatic rings. The summed E-state index contributed by atoms with van der Waals surface area (Å²) < 4.78 is 4.79. The van der Waals surface area contributed by atoms with E-state index in [2.05, 4.69) is 0 Å². The van der Waals surface area contributed by atoms with Gasteiger partial charge in [0.05, 0.1) is 12.2 Å². The summed E-state index contributed by atoms with van der Waals surface area (Å²) in [5.74, 6) is -0.256. The number of esters is 1. The molecular weight excluding hydrogens is 192 g/mol. The lowest BCUT2D eigenvalue weighted by molar-refractivity contribution is -0.107.